The van der Waals surface area contributed by atoms with Crippen molar-refractivity contribution in [3.63, 3.8) is 0 Å². The summed E-state index contributed by atoms with van der Waals surface area (Å²) in [5, 5.41) is 0.750. The molecular formula is C15H22BrNO3. The van der Waals surface area contributed by atoms with Gasteiger partial charge in [-0.15, -0.1) is 0 Å². The standard InChI is InChI=1S/C15H22BrNO3/c1-4-5-10-17(11-9-16)15(18)14-12(19-2)7-6-8-13(14)20-3/h6-8H,4-5,9-11H2,1-3H3. The lowest BCUT2D eigenvalue weighted by Crippen LogP contribution is -2.34. The maximum atomic E-state index is 12.7. The summed E-state index contributed by atoms with van der Waals surface area (Å²) in [5.74, 6) is 1.04. The van der Waals surface area contributed by atoms with Crippen molar-refractivity contribution < 1.29 is 14.3 Å². The first-order valence-corrected chi connectivity index (χ1v) is 7.87. The molecule has 0 radical (unpaired) electrons. The third-order valence-electron chi connectivity index (χ3n) is 3.06. The normalized spacial score (nSPS) is 10.2. The summed E-state index contributed by atoms with van der Waals surface area (Å²) >= 11 is 3.40. The molecule has 0 aromatic heterocycles. The molecule has 0 atom stereocenters. The van der Waals surface area contributed by atoms with Crippen molar-refractivity contribution in [2.45, 2.75) is 19.8 Å². The fourth-order valence-electron chi connectivity index (χ4n) is 1.99. The first kappa shape index (κ1) is 16.8. The molecule has 0 heterocycles. The van der Waals surface area contributed by atoms with E-state index < -0.39 is 0 Å². The Labute approximate surface area is 129 Å². The SMILES string of the molecule is CCCCN(CCBr)C(=O)c1c(OC)cccc1OC. The second-order valence-corrected chi connectivity index (χ2v) is 5.17. The van der Waals surface area contributed by atoms with E-state index in [2.05, 4.69) is 22.9 Å². The molecule has 0 N–H and O–H groups in total. The monoisotopic (exact) mass is 343 g/mol. The molecule has 0 aliphatic heterocycles. The highest BCUT2D eigenvalue weighted by Gasteiger charge is 2.23. The lowest BCUT2D eigenvalue weighted by molar-refractivity contribution is 0.0757. The largest absolute Gasteiger partial charge is 0.496 e. The Hall–Kier alpha value is -1.23. The summed E-state index contributed by atoms with van der Waals surface area (Å²) in [6.45, 7) is 3.52. The van der Waals surface area contributed by atoms with Gasteiger partial charge in [0.05, 0.1) is 14.2 Å². The molecule has 0 fully saturated rings. The molecule has 1 aromatic carbocycles. The topological polar surface area (TPSA) is 38.8 Å². The zero-order valence-corrected chi connectivity index (χ0v) is 13.9. The highest BCUT2D eigenvalue weighted by atomic mass is 79.9. The van der Waals surface area contributed by atoms with E-state index in [0.717, 1.165) is 24.7 Å². The number of benzene rings is 1. The van der Waals surface area contributed by atoms with Crippen LogP contribution in [0.25, 0.3) is 0 Å². The van der Waals surface area contributed by atoms with Crippen molar-refractivity contribution in [2.24, 2.45) is 0 Å². The summed E-state index contributed by atoms with van der Waals surface area (Å²) < 4.78 is 10.6. The van der Waals surface area contributed by atoms with Gasteiger partial charge in [-0.2, -0.15) is 0 Å². The van der Waals surface area contributed by atoms with Gasteiger partial charge < -0.3 is 14.4 Å². The molecule has 5 heteroatoms. The molecule has 1 aromatic rings. The van der Waals surface area contributed by atoms with Crippen LogP contribution >= 0.6 is 15.9 Å². The minimum atomic E-state index is -0.0489. The Kier molecular flexibility index (Phi) is 7.44. The van der Waals surface area contributed by atoms with E-state index in [9.17, 15) is 4.79 Å². The lowest BCUT2D eigenvalue weighted by Gasteiger charge is -2.23. The van der Waals surface area contributed by atoms with Crippen LogP contribution in [0.5, 0.6) is 11.5 Å². The van der Waals surface area contributed by atoms with Gasteiger partial charge in [-0.25, -0.2) is 0 Å². The van der Waals surface area contributed by atoms with Crippen molar-refractivity contribution in [3.05, 3.63) is 23.8 Å². The molecule has 0 spiro atoms. The highest BCUT2D eigenvalue weighted by molar-refractivity contribution is 9.09. The number of carbonyl (C=O) groups is 1. The zero-order chi connectivity index (χ0) is 15.0. The summed E-state index contributed by atoms with van der Waals surface area (Å²) in [6, 6.07) is 5.37. The van der Waals surface area contributed by atoms with Crippen molar-refractivity contribution in [3.8, 4) is 11.5 Å². The van der Waals surface area contributed by atoms with Crippen molar-refractivity contribution in [1.82, 2.24) is 4.90 Å². The molecule has 112 valence electrons. The molecule has 20 heavy (non-hydrogen) atoms. The van der Waals surface area contributed by atoms with Gasteiger partial charge in [-0.05, 0) is 18.6 Å². The van der Waals surface area contributed by atoms with E-state index in [1.165, 1.54) is 0 Å². The number of nitrogens with zero attached hydrogens (tertiary/aromatic N) is 1. The van der Waals surface area contributed by atoms with Gasteiger partial charge in [0.1, 0.15) is 17.1 Å². The number of halogens is 1. The second-order valence-electron chi connectivity index (χ2n) is 4.37. The van der Waals surface area contributed by atoms with Crippen LogP contribution in [0, 0.1) is 0 Å². The van der Waals surface area contributed by atoms with Crippen molar-refractivity contribution in [2.75, 3.05) is 32.6 Å². The number of hydrogen-bond donors (Lipinski definition) is 0. The Morgan fingerprint density at radius 1 is 1.20 bits per heavy atom. The first-order chi connectivity index (χ1) is 9.69. The molecule has 0 aliphatic rings. The number of unbranched alkanes of at least 4 members (excludes halogenated alkanes) is 1. The minimum Gasteiger partial charge on any atom is -0.496 e. The van der Waals surface area contributed by atoms with Crippen molar-refractivity contribution >= 4 is 21.8 Å². The summed E-state index contributed by atoms with van der Waals surface area (Å²) in [6.07, 6.45) is 2.03. The number of hydrogen-bond acceptors (Lipinski definition) is 3. The maximum absolute atomic E-state index is 12.7. The second kappa shape index (κ2) is 8.84. The zero-order valence-electron chi connectivity index (χ0n) is 12.3. The number of methoxy groups -OCH3 is 2. The maximum Gasteiger partial charge on any atom is 0.261 e. The van der Waals surface area contributed by atoms with E-state index in [1.54, 1.807) is 26.4 Å². The number of ether oxygens (including phenoxy) is 2. The van der Waals surface area contributed by atoms with Gasteiger partial charge in [0.15, 0.2) is 0 Å². The van der Waals surface area contributed by atoms with E-state index in [-0.39, 0.29) is 5.91 Å². The van der Waals surface area contributed by atoms with Crippen LogP contribution in [0.3, 0.4) is 0 Å². The average Bonchev–Trinajstić information content (AvgIpc) is 2.49. The molecule has 4 nitrogen and oxygen atoms in total. The third kappa shape index (κ3) is 4.13. The number of amides is 1. The molecule has 1 amide bonds. The quantitative estimate of drug-likeness (QED) is 0.679. The van der Waals surface area contributed by atoms with E-state index in [4.69, 9.17) is 9.47 Å². The fourth-order valence-corrected chi connectivity index (χ4v) is 2.41. The Bertz CT molecular complexity index is 415. The van der Waals surface area contributed by atoms with Gasteiger partial charge >= 0.3 is 0 Å². The van der Waals surface area contributed by atoms with Crippen LogP contribution < -0.4 is 9.47 Å². The average molecular weight is 344 g/mol. The molecule has 0 saturated heterocycles. The summed E-state index contributed by atoms with van der Waals surface area (Å²) in [5.41, 5.74) is 0.495. The van der Waals surface area contributed by atoms with Gasteiger partial charge in [-0.3, -0.25) is 4.79 Å². The molecule has 0 aliphatic carbocycles. The van der Waals surface area contributed by atoms with Crippen LogP contribution in [0.2, 0.25) is 0 Å². The van der Waals surface area contributed by atoms with Gasteiger partial charge in [0.2, 0.25) is 0 Å². The van der Waals surface area contributed by atoms with Crippen LogP contribution in [-0.2, 0) is 0 Å². The van der Waals surface area contributed by atoms with Crippen LogP contribution in [0.4, 0.5) is 0 Å². The first-order valence-electron chi connectivity index (χ1n) is 6.75. The van der Waals surface area contributed by atoms with Crippen LogP contribution in [0.1, 0.15) is 30.1 Å². The molecule has 0 bridgehead atoms. The highest BCUT2D eigenvalue weighted by Crippen LogP contribution is 2.29. The van der Waals surface area contributed by atoms with Crippen LogP contribution in [-0.4, -0.2) is 43.4 Å². The minimum absolute atomic E-state index is 0.0489. The van der Waals surface area contributed by atoms with Gasteiger partial charge in [0, 0.05) is 18.4 Å². The predicted molar refractivity (Wildman–Crippen MR) is 84.2 cm³/mol. The number of carbonyl (C=O) groups excluding carboxylic acids is 1. The molecule has 1 rings (SSSR count). The third-order valence-corrected chi connectivity index (χ3v) is 3.42. The summed E-state index contributed by atoms with van der Waals surface area (Å²) in [4.78, 5) is 14.6. The molecular weight excluding hydrogens is 322 g/mol. The lowest BCUT2D eigenvalue weighted by atomic mass is 10.1. The van der Waals surface area contributed by atoms with E-state index >= 15 is 0 Å². The smallest absolute Gasteiger partial charge is 0.261 e. The van der Waals surface area contributed by atoms with Gasteiger partial charge in [0.25, 0.3) is 5.91 Å². The molecule has 0 saturated carbocycles. The molecule has 0 unspecified atom stereocenters. The van der Waals surface area contributed by atoms with E-state index in [1.807, 2.05) is 11.0 Å². The Balaban J connectivity index is 3.09. The van der Waals surface area contributed by atoms with Crippen molar-refractivity contribution in [1.29, 1.82) is 0 Å². The van der Waals surface area contributed by atoms with E-state index in [0.29, 0.717) is 23.6 Å². The van der Waals surface area contributed by atoms with Crippen LogP contribution in [0.15, 0.2) is 18.2 Å². The summed E-state index contributed by atoms with van der Waals surface area (Å²) in [7, 11) is 3.12. The number of rotatable bonds is 8. The predicted octanol–water partition coefficient (Wildman–Crippen LogP) is 3.34. The van der Waals surface area contributed by atoms with Gasteiger partial charge in [-0.1, -0.05) is 35.3 Å². The number of alkyl halides is 1. The Morgan fingerprint density at radius 3 is 2.25 bits per heavy atom. The fraction of sp³-hybridized carbons (Fsp3) is 0.533. The Morgan fingerprint density at radius 2 is 1.80 bits per heavy atom.